The molecular weight excluding hydrogens is 550 g/mol. The SMILES string of the molecule is CC(C)(C)c1cc2ccc3ccc(B4c5ccccc5-c5ccccc54)c4ccc(c1B1c5ccccc5-c5ccccc51)c2c34. The Morgan fingerprint density at radius 3 is 1.37 bits per heavy atom. The van der Waals surface area contributed by atoms with Crippen LogP contribution in [0, 0.1) is 0 Å². The Morgan fingerprint density at radius 2 is 0.826 bits per heavy atom. The summed E-state index contributed by atoms with van der Waals surface area (Å²) in [5.41, 5.74) is 15.4. The molecule has 0 unspecified atom stereocenters. The Bertz CT molecular complexity index is 2440. The second-order valence-corrected chi connectivity index (χ2v) is 14.4. The van der Waals surface area contributed by atoms with E-state index in [1.807, 2.05) is 0 Å². The summed E-state index contributed by atoms with van der Waals surface area (Å²) in [7, 11) is 0. The summed E-state index contributed by atoms with van der Waals surface area (Å²) >= 11 is 0. The van der Waals surface area contributed by atoms with Gasteiger partial charge in [-0.25, -0.2) is 0 Å². The molecule has 2 heteroatoms. The zero-order chi connectivity index (χ0) is 30.7. The highest BCUT2D eigenvalue weighted by Crippen LogP contribution is 2.38. The Labute approximate surface area is 271 Å². The highest BCUT2D eigenvalue weighted by Gasteiger charge is 2.38. The molecule has 2 aliphatic heterocycles. The summed E-state index contributed by atoms with van der Waals surface area (Å²) in [5.74, 6) is 0. The van der Waals surface area contributed by atoms with Crippen molar-refractivity contribution < 1.29 is 0 Å². The van der Waals surface area contributed by atoms with Crippen molar-refractivity contribution >= 4 is 78.5 Å². The lowest BCUT2D eigenvalue weighted by Crippen LogP contribution is -2.52. The monoisotopic (exact) mass is 582 g/mol. The standard InChI is InChI=1S/C44H32B2/c1-44(2,3)35-26-28-21-20-27-22-25-40(45-36-16-8-4-12-29(36)30-13-5-9-17-37(30)45)33-23-24-34(42(28)41(27)33)43(35)46-38-18-10-6-14-31(38)32-15-7-11-19-39(32)46/h4-26H,1-3H3. The molecule has 0 aromatic heterocycles. The second kappa shape index (κ2) is 9.24. The van der Waals surface area contributed by atoms with E-state index < -0.39 is 0 Å². The van der Waals surface area contributed by atoms with Crippen LogP contribution in [0.4, 0.5) is 0 Å². The molecule has 46 heavy (non-hydrogen) atoms. The molecule has 0 atom stereocenters. The third-order valence-corrected chi connectivity index (χ3v) is 10.9. The number of benzene rings is 8. The van der Waals surface area contributed by atoms with Crippen LogP contribution in [0.25, 0.3) is 54.6 Å². The molecule has 214 valence electrons. The van der Waals surface area contributed by atoms with Gasteiger partial charge in [0.15, 0.2) is 0 Å². The zero-order valence-electron chi connectivity index (χ0n) is 26.4. The number of hydrogen-bond donors (Lipinski definition) is 0. The van der Waals surface area contributed by atoms with Gasteiger partial charge in [0, 0.05) is 0 Å². The summed E-state index contributed by atoms with van der Waals surface area (Å²) < 4.78 is 0. The smallest absolute Gasteiger partial charge is 0.0664 e. The van der Waals surface area contributed by atoms with Crippen LogP contribution in [0.2, 0.25) is 0 Å². The normalized spacial score (nSPS) is 13.5. The lowest BCUT2D eigenvalue weighted by Gasteiger charge is -2.29. The molecule has 2 heterocycles. The van der Waals surface area contributed by atoms with Gasteiger partial charge in [-0.3, -0.25) is 0 Å². The molecule has 10 rings (SSSR count). The molecule has 0 nitrogen and oxygen atoms in total. The minimum Gasteiger partial charge on any atom is -0.0664 e. The lowest BCUT2D eigenvalue weighted by atomic mass is 9.36. The van der Waals surface area contributed by atoms with E-state index in [2.05, 4.69) is 160 Å². The largest absolute Gasteiger partial charge is 0.243 e. The third-order valence-electron chi connectivity index (χ3n) is 10.9. The van der Waals surface area contributed by atoms with E-state index in [-0.39, 0.29) is 18.8 Å². The van der Waals surface area contributed by atoms with Crippen molar-refractivity contribution in [3.63, 3.8) is 0 Å². The average Bonchev–Trinajstić information content (AvgIpc) is 3.59. The molecule has 0 radical (unpaired) electrons. The molecule has 0 saturated heterocycles. The predicted octanol–water partition coefficient (Wildman–Crippen LogP) is 6.87. The van der Waals surface area contributed by atoms with E-state index in [1.165, 1.54) is 92.9 Å². The van der Waals surface area contributed by atoms with Crippen LogP contribution in [0.1, 0.15) is 26.3 Å². The van der Waals surface area contributed by atoms with Crippen LogP contribution in [0.15, 0.2) is 140 Å². The van der Waals surface area contributed by atoms with Crippen molar-refractivity contribution in [1.82, 2.24) is 0 Å². The average molecular weight is 582 g/mol. The Hall–Kier alpha value is -5.07. The zero-order valence-corrected chi connectivity index (χ0v) is 26.4. The van der Waals surface area contributed by atoms with Crippen LogP contribution in [0.5, 0.6) is 0 Å². The van der Waals surface area contributed by atoms with Gasteiger partial charge in [-0.2, -0.15) is 0 Å². The fourth-order valence-corrected chi connectivity index (χ4v) is 9.06. The van der Waals surface area contributed by atoms with Crippen LogP contribution >= 0.6 is 0 Å². The van der Waals surface area contributed by atoms with Gasteiger partial charge < -0.3 is 0 Å². The van der Waals surface area contributed by atoms with E-state index in [0.29, 0.717) is 0 Å². The maximum absolute atomic E-state index is 2.52. The van der Waals surface area contributed by atoms with Crippen molar-refractivity contribution in [2.75, 3.05) is 0 Å². The van der Waals surface area contributed by atoms with Crippen molar-refractivity contribution in [3.8, 4) is 22.3 Å². The van der Waals surface area contributed by atoms with Crippen LogP contribution in [-0.4, -0.2) is 13.4 Å². The Morgan fingerprint density at radius 1 is 0.391 bits per heavy atom. The number of rotatable bonds is 2. The molecule has 0 fully saturated rings. The second-order valence-electron chi connectivity index (χ2n) is 14.4. The first-order chi connectivity index (χ1) is 22.5. The van der Waals surface area contributed by atoms with Crippen molar-refractivity contribution in [3.05, 3.63) is 145 Å². The maximum atomic E-state index is 2.52. The summed E-state index contributed by atoms with van der Waals surface area (Å²) in [6.45, 7) is 7.55. The van der Waals surface area contributed by atoms with Crippen LogP contribution in [0.3, 0.4) is 0 Å². The highest BCUT2D eigenvalue weighted by molar-refractivity contribution is 7.01. The summed E-state index contributed by atoms with van der Waals surface area (Å²) in [5, 5.41) is 8.22. The highest BCUT2D eigenvalue weighted by atomic mass is 14.3. The van der Waals surface area contributed by atoms with E-state index in [0.717, 1.165) is 0 Å². The molecule has 0 amide bonds. The van der Waals surface area contributed by atoms with Crippen LogP contribution in [-0.2, 0) is 5.41 Å². The van der Waals surface area contributed by atoms with Crippen molar-refractivity contribution in [2.24, 2.45) is 0 Å². The van der Waals surface area contributed by atoms with Gasteiger partial charge in [0.1, 0.15) is 0 Å². The molecule has 8 aromatic rings. The Balaban J connectivity index is 1.31. The first kappa shape index (κ1) is 26.2. The van der Waals surface area contributed by atoms with Gasteiger partial charge in [-0.1, -0.05) is 193 Å². The molecule has 0 N–H and O–H groups in total. The van der Waals surface area contributed by atoms with Gasteiger partial charge in [0.2, 0.25) is 13.4 Å². The number of fused-ring (bicyclic) bond motifs is 6. The van der Waals surface area contributed by atoms with Crippen molar-refractivity contribution in [1.29, 1.82) is 0 Å². The minimum absolute atomic E-state index is 0.0192. The fraction of sp³-hybridized carbons (Fsp3) is 0.0909. The lowest BCUT2D eigenvalue weighted by molar-refractivity contribution is 0.595. The molecule has 0 saturated carbocycles. The molecule has 8 aromatic carbocycles. The molecule has 2 aliphatic rings. The first-order valence-corrected chi connectivity index (χ1v) is 16.6. The van der Waals surface area contributed by atoms with E-state index in [1.54, 1.807) is 0 Å². The number of hydrogen-bond acceptors (Lipinski definition) is 0. The molecule has 0 aliphatic carbocycles. The fourth-order valence-electron chi connectivity index (χ4n) is 9.06. The van der Waals surface area contributed by atoms with Gasteiger partial charge in [0.05, 0.1) is 0 Å². The molecular formula is C44H32B2. The quantitative estimate of drug-likeness (QED) is 0.154. The van der Waals surface area contributed by atoms with Gasteiger partial charge in [0.25, 0.3) is 0 Å². The summed E-state index contributed by atoms with van der Waals surface area (Å²) in [6, 6.07) is 53.1. The topological polar surface area (TPSA) is 0 Å². The predicted molar refractivity (Wildman–Crippen MR) is 202 cm³/mol. The van der Waals surface area contributed by atoms with E-state index in [4.69, 9.17) is 0 Å². The molecule has 0 bridgehead atoms. The molecule has 0 spiro atoms. The summed E-state index contributed by atoms with van der Waals surface area (Å²) in [6.07, 6.45) is 0. The third kappa shape index (κ3) is 3.42. The van der Waals surface area contributed by atoms with Gasteiger partial charge in [-0.15, -0.1) is 0 Å². The van der Waals surface area contributed by atoms with Gasteiger partial charge in [-0.05, 0) is 65.5 Å². The van der Waals surface area contributed by atoms with E-state index in [9.17, 15) is 0 Å². The van der Waals surface area contributed by atoms with Crippen LogP contribution < -0.4 is 32.8 Å². The maximum Gasteiger partial charge on any atom is 0.243 e. The summed E-state index contributed by atoms with van der Waals surface area (Å²) in [4.78, 5) is 0. The van der Waals surface area contributed by atoms with Gasteiger partial charge >= 0.3 is 0 Å². The van der Waals surface area contributed by atoms with E-state index >= 15 is 0 Å². The Kier molecular flexibility index (Phi) is 5.26. The van der Waals surface area contributed by atoms with Crippen molar-refractivity contribution in [2.45, 2.75) is 26.2 Å². The first-order valence-electron chi connectivity index (χ1n) is 16.6. The minimum atomic E-state index is -0.0192.